The number of fused-ring (bicyclic) bond motifs is 4. The number of benzene rings is 5. The summed E-state index contributed by atoms with van der Waals surface area (Å²) in [5.74, 6) is 0. The van der Waals surface area contributed by atoms with Crippen LogP contribution in [-0.2, 0) is 5.41 Å². The number of para-hydroxylation sites is 1. The third-order valence-electron chi connectivity index (χ3n) is 8.02. The van der Waals surface area contributed by atoms with E-state index in [9.17, 15) is 0 Å². The van der Waals surface area contributed by atoms with Crippen LogP contribution in [0.1, 0.15) is 29.2 Å². The highest BCUT2D eigenvalue weighted by atomic mass is 16.3. The van der Waals surface area contributed by atoms with Crippen LogP contribution in [-0.4, -0.2) is 0 Å². The smallest absolute Gasteiger partial charge is 0.135 e. The lowest BCUT2D eigenvalue weighted by molar-refractivity contribution is 0.669. The number of hydrogen-bond donors (Lipinski definition) is 1. The summed E-state index contributed by atoms with van der Waals surface area (Å²) in [6, 6.07) is 42.9. The van der Waals surface area contributed by atoms with Gasteiger partial charge >= 0.3 is 0 Å². The zero-order chi connectivity index (χ0) is 27.1. The molecule has 0 unspecified atom stereocenters. The van der Waals surface area contributed by atoms with E-state index in [1.807, 2.05) is 24.3 Å². The van der Waals surface area contributed by atoms with Crippen molar-refractivity contribution >= 4 is 38.9 Å². The van der Waals surface area contributed by atoms with Crippen LogP contribution < -0.4 is 5.32 Å². The standard InChI is InChI=1S/C38H29NO/c1-3-13-34-30(4-2)31-22-20-29(39-28-21-23-37-33(24-28)32-18-11-12-19-36(32)40-37)25-35(31)38(34,26-14-7-5-8-15-26)27-16-9-6-10-17-27/h3-25,39H,2H2,1H3/b13-3-. The third kappa shape index (κ3) is 3.57. The lowest BCUT2D eigenvalue weighted by Crippen LogP contribution is -2.29. The Morgan fingerprint density at radius 1 is 0.675 bits per heavy atom. The highest BCUT2D eigenvalue weighted by molar-refractivity contribution is 6.06. The van der Waals surface area contributed by atoms with Crippen molar-refractivity contribution < 1.29 is 4.42 Å². The highest BCUT2D eigenvalue weighted by Crippen LogP contribution is 2.55. The average molecular weight is 516 g/mol. The van der Waals surface area contributed by atoms with Gasteiger partial charge in [-0.25, -0.2) is 0 Å². The molecule has 7 rings (SSSR count). The zero-order valence-electron chi connectivity index (χ0n) is 22.4. The SMILES string of the molecule is C=CC1=C(/C=C\C)C(c2ccccc2)(c2ccccc2)c2cc(Nc3ccc4oc5ccccc5c4c3)ccc21. The Bertz CT molecular complexity index is 1900. The molecule has 0 saturated heterocycles. The van der Waals surface area contributed by atoms with Gasteiger partial charge < -0.3 is 9.73 Å². The van der Waals surface area contributed by atoms with Crippen molar-refractivity contribution in [3.63, 3.8) is 0 Å². The van der Waals surface area contributed by atoms with Crippen molar-refractivity contribution in [3.05, 3.63) is 174 Å². The molecule has 0 fully saturated rings. The number of furan rings is 1. The molecule has 1 aliphatic carbocycles. The summed E-state index contributed by atoms with van der Waals surface area (Å²) in [7, 11) is 0. The van der Waals surface area contributed by atoms with Crippen LogP contribution in [0.15, 0.2) is 156 Å². The number of rotatable bonds is 6. The van der Waals surface area contributed by atoms with Crippen LogP contribution in [0.2, 0.25) is 0 Å². The van der Waals surface area contributed by atoms with E-state index in [0.717, 1.165) is 33.3 Å². The molecule has 0 aliphatic heterocycles. The second kappa shape index (κ2) is 9.59. The molecule has 192 valence electrons. The Morgan fingerprint density at radius 2 is 1.30 bits per heavy atom. The van der Waals surface area contributed by atoms with Gasteiger partial charge in [-0.3, -0.25) is 0 Å². The monoisotopic (exact) mass is 515 g/mol. The molecule has 0 bridgehead atoms. The molecular formula is C38H29NO. The molecule has 1 heterocycles. The lowest BCUT2D eigenvalue weighted by Gasteiger charge is -2.35. The Balaban J connectivity index is 1.43. The minimum Gasteiger partial charge on any atom is -0.456 e. The van der Waals surface area contributed by atoms with Crippen LogP contribution in [0.5, 0.6) is 0 Å². The Kier molecular flexibility index (Phi) is 5.75. The van der Waals surface area contributed by atoms with Crippen molar-refractivity contribution in [2.24, 2.45) is 0 Å². The van der Waals surface area contributed by atoms with Crippen molar-refractivity contribution in [3.8, 4) is 0 Å². The fourth-order valence-electron chi connectivity index (χ4n) is 6.40. The fourth-order valence-corrected chi connectivity index (χ4v) is 6.40. The largest absolute Gasteiger partial charge is 0.456 e. The predicted molar refractivity (Wildman–Crippen MR) is 168 cm³/mol. The van der Waals surface area contributed by atoms with Crippen LogP contribution in [0.4, 0.5) is 11.4 Å². The molecule has 0 radical (unpaired) electrons. The van der Waals surface area contributed by atoms with E-state index in [2.05, 4.69) is 134 Å². The van der Waals surface area contributed by atoms with Gasteiger partial charge in [-0.15, -0.1) is 0 Å². The maximum Gasteiger partial charge on any atom is 0.135 e. The summed E-state index contributed by atoms with van der Waals surface area (Å²) in [5.41, 5.74) is 10.7. The molecule has 1 aliphatic rings. The summed E-state index contributed by atoms with van der Waals surface area (Å²) >= 11 is 0. The molecule has 1 aromatic heterocycles. The van der Waals surface area contributed by atoms with Gasteiger partial charge in [-0.1, -0.05) is 110 Å². The quantitative estimate of drug-likeness (QED) is 0.239. The van der Waals surface area contributed by atoms with Crippen LogP contribution in [0.3, 0.4) is 0 Å². The number of anilines is 2. The molecule has 5 aromatic carbocycles. The number of hydrogen-bond acceptors (Lipinski definition) is 2. The Labute approximate surface area is 234 Å². The normalized spacial score (nSPS) is 14.2. The van der Waals surface area contributed by atoms with Gasteiger partial charge in [-0.2, -0.15) is 0 Å². The van der Waals surface area contributed by atoms with Crippen molar-refractivity contribution in [2.75, 3.05) is 5.32 Å². The zero-order valence-corrected chi connectivity index (χ0v) is 22.4. The van der Waals surface area contributed by atoms with E-state index < -0.39 is 5.41 Å². The lowest BCUT2D eigenvalue weighted by atomic mass is 9.66. The van der Waals surface area contributed by atoms with Gasteiger partial charge in [0.2, 0.25) is 0 Å². The van der Waals surface area contributed by atoms with Gasteiger partial charge in [0.25, 0.3) is 0 Å². The second-order valence-corrected chi connectivity index (χ2v) is 10.2. The van der Waals surface area contributed by atoms with E-state index >= 15 is 0 Å². The van der Waals surface area contributed by atoms with Crippen LogP contribution in [0, 0.1) is 0 Å². The van der Waals surface area contributed by atoms with Gasteiger partial charge in [-0.05, 0) is 76.7 Å². The number of nitrogens with one attached hydrogen (secondary N) is 1. The Morgan fingerprint density at radius 3 is 2.00 bits per heavy atom. The molecular weight excluding hydrogens is 486 g/mol. The predicted octanol–water partition coefficient (Wildman–Crippen LogP) is 10.2. The summed E-state index contributed by atoms with van der Waals surface area (Å²) in [6.07, 6.45) is 6.39. The molecule has 6 aromatic rings. The summed E-state index contributed by atoms with van der Waals surface area (Å²) in [5, 5.41) is 5.93. The summed E-state index contributed by atoms with van der Waals surface area (Å²) < 4.78 is 6.05. The van der Waals surface area contributed by atoms with E-state index in [4.69, 9.17) is 4.42 Å². The molecule has 2 heteroatoms. The van der Waals surface area contributed by atoms with Gasteiger partial charge in [0.15, 0.2) is 0 Å². The minimum absolute atomic E-state index is 0.476. The third-order valence-corrected chi connectivity index (χ3v) is 8.02. The molecule has 0 atom stereocenters. The maximum absolute atomic E-state index is 6.05. The van der Waals surface area contributed by atoms with Gasteiger partial charge in [0.05, 0.1) is 5.41 Å². The highest BCUT2D eigenvalue weighted by Gasteiger charge is 2.46. The van der Waals surface area contributed by atoms with E-state index in [1.165, 1.54) is 33.4 Å². The number of allylic oxidation sites excluding steroid dienone is 5. The minimum atomic E-state index is -0.476. The van der Waals surface area contributed by atoms with Crippen molar-refractivity contribution in [2.45, 2.75) is 12.3 Å². The second-order valence-electron chi connectivity index (χ2n) is 10.2. The van der Waals surface area contributed by atoms with Crippen LogP contribution in [0.25, 0.3) is 27.5 Å². The molecule has 0 spiro atoms. The first-order valence-corrected chi connectivity index (χ1v) is 13.7. The van der Waals surface area contributed by atoms with Crippen molar-refractivity contribution in [1.29, 1.82) is 0 Å². The van der Waals surface area contributed by atoms with Crippen molar-refractivity contribution in [1.82, 2.24) is 0 Å². The topological polar surface area (TPSA) is 25.2 Å². The fraction of sp³-hybridized carbons (Fsp3) is 0.0526. The maximum atomic E-state index is 6.05. The Hall–Kier alpha value is -5.08. The van der Waals surface area contributed by atoms with E-state index in [0.29, 0.717) is 0 Å². The van der Waals surface area contributed by atoms with Gasteiger partial charge in [0, 0.05) is 22.1 Å². The first-order valence-electron chi connectivity index (χ1n) is 13.7. The van der Waals surface area contributed by atoms with Crippen LogP contribution >= 0.6 is 0 Å². The summed E-state index contributed by atoms with van der Waals surface area (Å²) in [6.45, 7) is 6.33. The van der Waals surface area contributed by atoms with Gasteiger partial charge in [0.1, 0.15) is 11.2 Å². The first-order chi connectivity index (χ1) is 19.7. The molecule has 40 heavy (non-hydrogen) atoms. The summed E-state index contributed by atoms with van der Waals surface area (Å²) in [4.78, 5) is 0. The average Bonchev–Trinajstić information content (AvgIpc) is 3.51. The first kappa shape index (κ1) is 24.0. The molecule has 2 nitrogen and oxygen atoms in total. The molecule has 1 N–H and O–H groups in total. The molecule has 0 amide bonds. The molecule has 0 saturated carbocycles. The van der Waals surface area contributed by atoms with E-state index in [-0.39, 0.29) is 0 Å². The van der Waals surface area contributed by atoms with E-state index in [1.54, 1.807) is 0 Å².